The number of hydrogen-bond donors (Lipinski definition) is 0. The molecule has 0 N–H and O–H groups in total. The Labute approximate surface area is 142 Å². The van der Waals surface area contributed by atoms with E-state index in [1.54, 1.807) is 24.3 Å². The molecule has 2 nitrogen and oxygen atoms in total. The van der Waals surface area contributed by atoms with Gasteiger partial charge in [-0.25, -0.2) is 0 Å². The third-order valence-electron chi connectivity index (χ3n) is 2.79. The van der Waals surface area contributed by atoms with Crippen molar-refractivity contribution < 1.29 is 4.79 Å². The lowest BCUT2D eigenvalue weighted by molar-refractivity contribution is 0.0978. The standard InChI is InChI=1S/C15H8Br3NO/c16-10-3-1-9(2-4-10)13(8-19)15(20)12-7-11(17)5-6-14(12)18/h1-7,13H. The second-order valence-corrected chi connectivity index (χ2v) is 6.79. The summed E-state index contributed by atoms with van der Waals surface area (Å²) in [5.74, 6) is -1.03. The van der Waals surface area contributed by atoms with Crippen LogP contribution in [0.5, 0.6) is 0 Å². The van der Waals surface area contributed by atoms with Crippen LogP contribution in [0.4, 0.5) is 0 Å². The molecule has 0 aliphatic heterocycles. The summed E-state index contributed by atoms with van der Waals surface area (Å²) in [7, 11) is 0. The Bertz CT molecular complexity index is 689. The maximum atomic E-state index is 12.5. The molecule has 0 radical (unpaired) electrons. The van der Waals surface area contributed by atoms with E-state index >= 15 is 0 Å². The van der Waals surface area contributed by atoms with Crippen molar-refractivity contribution in [2.24, 2.45) is 0 Å². The summed E-state index contributed by atoms with van der Waals surface area (Å²) in [5.41, 5.74) is 1.18. The molecule has 20 heavy (non-hydrogen) atoms. The first-order chi connectivity index (χ1) is 9.52. The first-order valence-corrected chi connectivity index (χ1v) is 8.05. The molecule has 2 aromatic rings. The van der Waals surface area contributed by atoms with Crippen molar-refractivity contribution in [2.75, 3.05) is 0 Å². The average Bonchev–Trinajstić information content (AvgIpc) is 2.44. The van der Waals surface area contributed by atoms with Gasteiger partial charge in [-0.15, -0.1) is 0 Å². The number of ketones is 1. The lowest BCUT2D eigenvalue weighted by Crippen LogP contribution is -2.12. The summed E-state index contributed by atoms with van der Waals surface area (Å²) in [6.45, 7) is 0. The molecule has 0 spiro atoms. The highest BCUT2D eigenvalue weighted by molar-refractivity contribution is 9.11. The maximum Gasteiger partial charge on any atom is 0.185 e. The van der Waals surface area contributed by atoms with Gasteiger partial charge < -0.3 is 0 Å². The summed E-state index contributed by atoms with van der Waals surface area (Å²) in [5, 5.41) is 9.33. The molecule has 1 atom stereocenters. The van der Waals surface area contributed by atoms with Crippen molar-refractivity contribution >= 4 is 53.6 Å². The zero-order valence-corrected chi connectivity index (χ0v) is 14.9. The van der Waals surface area contributed by atoms with Crippen LogP contribution in [-0.4, -0.2) is 5.78 Å². The molecule has 0 aromatic heterocycles. The minimum absolute atomic E-state index is 0.219. The summed E-state index contributed by atoms with van der Waals surface area (Å²) in [6, 6.07) is 14.6. The van der Waals surface area contributed by atoms with Crippen LogP contribution in [0.25, 0.3) is 0 Å². The van der Waals surface area contributed by atoms with Gasteiger partial charge in [-0.2, -0.15) is 5.26 Å². The van der Waals surface area contributed by atoms with E-state index in [1.165, 1.54) is 0 Å². The van der Waals surface area contributed by atoms with Crippen molar-refractivity contribution in [1.29, 1.82) is 5.26 Å². The zero-order valence-electron chi connectivity index (χ0n) is 10.1. The van der Waals surface area contributed by atoms with Crippen molar-refractivity contribution in [3.63, 3.8) is 0 Å². The van der Waals surface area contributed by atoms with Gasteiger partial charge in [0.1, 0.15) is 5.92 Å². The van der Waals surface area contributed by atoms with Crippen molar-refractivity contribution in [1.82, 2.24) is 0 Å². The Morgan fingerprint density at radius 2 is 1.60 bits per heavy atom. The average molecular weight is 458 g/mol. The number of rotatable bonds is 3. The minimum atomic E-state index is -0.811. The van der Waals surface area contributed by atoms with Crippen molar-refractivity contribution in [2.45, 2.75) is 5.92 Å². The fraction of sp³-hybridized carbons (Fsp3) is 0.0667. The molecule has 2 aromatic carbocycles. The fourth-order valence-electron chi connectivity index (χ4n) is 1.78. The van der Waals surface area contributed by atoms with Crippen LogP contribution >= 0.6 is 47.8 Å². The number of hydrogen-bond acceptors (Lipinski definition) is 2. The summed E-state index contributed by atoms with van der Waals surface area (Å²) in [6.07, 6.45) is 0. The molecular weight excluding hydrogens is 450 g/mol. The number of Topliss-reactive ketones (excluding diaryl/α,β-unsaturated/α-hetero) is 1. The lowest BCUT2D eigenvalue weighted by atomic mass is 9.92. The van der Waals surface area contributed by atoms with Gasteiger partial charge in [0, 0.05) is 19.0 Å². The van der Waals surface area contributed by atoms with Crippen LogP contribution in [-0.2, 0) is 0 Å². The molecular formula is C15H8Br3NO. The molecule has 0 bridgehead atoms. The second-order valence-electron chi connectivity index (χ2n) is 4.10. The van der Waals surface area contributed by atoms with Gasteiger partial charge in [-0.3, -0.25) is 4.79 Å². The molecule has 0 aliphatic carbocycles. The first kappa shape index (κ1) is 15.4. The van der Waals surface area contributed by atoms with Gasteiger partial charge in [-0.05, 0) is 35.9 Å². The Morgan fingerprint density at radius 1 is 1.00 bits per heavy atom. The zero-order chi connectivity index (χ0) is 14.7. The highest BCUT2D eigenvalue weighted by Gasteiger charge is 2.23. The van der Waals surface area contributed by atoms with E-state index in [4.69, 9.17) is 0 Å². The molecule has 0 saturated carbocycles. The summed E-state index contributed by atoms with van der Waals surface area (Å²) >= 11 is 10.0. The van der Waals surface area contributed by atoms with Crippen LogP contribution in [0.3, 0.4) is 0 Å². The lowest BCUT2D eigenvalue weighted by Gasteiger charge is -2.10. The Hall–Kier alpha value is -0.960. The van der Waals surface area contributed by atoms with Crippen molar-refractivity contribution in [3.05, 3.63) is 67.0 Å². The van der Waals surface area contributed by atoms with Gasteiger partial charge in [0.2, 0.25) is 0 Å². The third kappa shape index (κ3) is 3.38. The smallest absolute Gasteiger partial charge is 0.185 e. The summed E-state index contributed by atoms with van der Waals surface area (Å²) in [4.78, 5) is 12.5. The molecule has 2 rings (SSSR count). The van der Waals surface area contributed by atoms with E-state index in [9.17, 15) is 10.1 Å². The van der Waals surface area contributed by atoms with Crippen LogP contribution in [0.15, 0.2) is 55.9 Å². The van der Waals surface area contributed by atoms with E-state index in [0.29, 0.717) is 15.6 Å². The highest BCUT2D eigenvalue weighted by Crippen LogP contribution is 2.28. The maximum absolute atomic E-state index is 12.5. The van der Waals surface area contributed by atoms with E-state index in [0.717, 1.165) is 8.95 Å². The number of halogens is 3. The van der Waals surface area contributed by atoms with Gasteiger partial charge in [0.15, 0.2) is 5.78 Å². The minimum Gasteiger partial charge on any atom is -0.292 e. The van der Waals surface area contributed by atoms with Crippen LogP contribution in [0, 0.1) is 11.3 Å². The second kappa shape index (κ2) is 6.66. The van der Waals surface area contributed by atoms with Crippen LogP contribution in [0.2, 0.25) is 0 Å². The Kier molecular flexibility index (Phi) is 5.14. The normalized spacial score (nSPS) is 11.7. The Balaban J connectivity index is 2.42. The third-order valence-corrected chi connectivity index (χ3v) is 4.50. The Morgan fingerprint density at radius 3 is 2.20 bits per heavy atom. The van der Waals surface area contributed by atoms with E-state index in [-0.39, 0.29) is 5.78 Å². The number of carbonyl (C=O) groups excluding carboxylic acids is 1. The van der Waals surface area contributed by atoms with E-state index in [2.05, 4.69) is 53.9 Å². The van der Waals surface area contributed by atoms with E-state index < -0.39 is 5.92 Å². The molecule has 0 saturated heterocycles. The molecule has 100 valence electrons. The van der Waals surface area contributed by atoms with Crippen molar-refractivity contribution in [3.8, 4) is 6.07 Å². The first-order valence-electron chi connectivity index (χ1n) is 5.67. The molecule has 0 aliphatic rings. The number of carbonyl (C=O) groups is 1. The SMILES string of the molecule is N#CC(C(=O)c1cc(Br)ccc1Br)c1ccc(Br)cc1. The quantitative estimate of drug-likeness (QED) is 0.574. The molecule has 0 heterocycles. The van der Waals surface area contributed by atoms with Crippen LogP contribution in [0.1, 0.15) is 21.8 Å². The molecule has 5 heteroatoms. The van der Waals surface area contributed by atoms with Gasteiger partial charge in [0.25, 0.3) is 0 Å². The monoisotopic (exact) mass is 455 g/mol. The summed E-state index contributed by atoms with van der Waals surface area (Å²) < 4.78 is 2.40. The predicted molar refractivity (Wildman–Crippen MR) is 88.7 cm³/mol. The van der Waals surface area contributed by atoms with Gasteiger partial charge >= 0.3 is 0 Å². The number of nitrogens with zero attached hydrogens (tertiary/aromatic N) is 1. The predicted octanol–water partition coefficient (Wildman–Crippen LogP) is 5.46. The topological polar surface area (TPSA) is 40.9 Å². The van der Waals surface area contributed by atoms with Crippen LogP contribution < -0.4 is 0 Å². The molecule has 1 unspecified atom stereocenters. The fourth-order valence-corrected chi connectivity index (χ4v) is 2.85. The number of nitriles is 1. The van der Waals surface area contributed by atoms with E-state index in [1.807, 2.05) is 18.2 Å². The molecule has 0 fully saturated rings. The van der Waals surface area contributed by atoms with Gasteiger partial charge in [-0.1, -0.05) is 59.9 Å². The molecule has 0 amide bonds. The number of benzene rings is 2. The van der Waals surface area contributed by atoms with Gasteiger partial charge in [0.05, 0.1) is 6.07 Å². The largest absolute Gasteiger partial charge is 0.292 e. The highest BCUT2D eigenvalue weighted by atomic mass is 79.9.